The Balaban J connectivity index is 1.23. The van der Waals surface area contributed by atoms with E-state index in [2.05, 4.69) is 167 Å². The lowest BCUT2D eigenvalue weighted by atomic mass is 9.97. The smallest absolute Gasteiger partial charge is 0.140 e. The Kier molecular flexibility index (Phi) is 5.94. The highest BCUT2D eigenvalue weighted by atomic mass is 15.1. The van der Waals surface area contributed by atoms with Crippen molar-refractivity contribution in [1.82, 2.24) is 23.7 Å². The second-order valence-electron chi connectivity index (χ2n) is 12.8. The number of benzene rings is 7. The molecular formula is C44H31N5. The first kappa shape index (κ1) is 27.6. The maximum Gasteiger partial charge on any atom is 0.140 e. The molecule has 0 atom stereocenters. The first-order chi connectivity index (χ1) is 24.1. The third-order valence-electron chi connectivity index (χ3n) is 10.1. The van der Waals surface area contributed by atoms with Crippen LogP contribution in [0.1, 0.15) is 0 Å². The van der Waals surface area contributed by atoms with Gasteiger partial charge >= 0.3 is 0 Å². The molecule has 5 heteroatoms. The van der Waals surface area contributed by atoms with Crippen LogP contribution in [0.25, 0.3) is 94.2 Å². The van der Waals surface area contributed by atoms with E-state index >= 15 is 0 Å². The van der Waals surface area contributed by atoms with Gasteiger partial charge in [0, 0.05) is 41.7 Å². The summed E-state index contributed by atoms with van der Waals surface area (Å²) in [4.78, 5) is 10.1. The fourth-order valence-corrected chi connectivity index (χ4v) is 7.67. The molecule has 10 rings (SSSR count). The standard InChI is InChI=1S/C44H31N5/c1-47-40-19-7-5-17-37(40)45-43(47)30-13-9-14-32(25-30)49-39-24-22-29(34-16-10-12-28-11-3-4-15-33(28)34)26-36(39)35-23-21-31(27-42(35)49)44-46-38-18-6-8-20-41(38)48(44)2/h3-27H,1-2H3. The average molecular weight is 630 g/mol. The maximum absolute atomic E-state index is 5.06. The highest BCUT2D eigenvalue weighted by Crippen LogP contribution is 2.39. The van der Waals surface area contributed by atoms with E-state index in [1.54, 1.807) is 0 Å². The highest BCUT2D eigenvalue weighted by Gasteiger charge is 2.18. The van der Waals surface area contributed by atoms with Crippen LogP contribution < -0.4 is 0 Å². The Labute approximate surface area is 282 Å². The molecule has 0 amide bonds. The zero-order chi connectivity index (χ0) is 32.6. The van der Waals surface area contributed by atoms with Crippen LogP contribution in [0, 0.1) is 0 Å². The average Bonchev–Trinajstić information content (AvgIpc) is 3.79. The minimum absolute atomic E-state index is 0.947. The molecule has 5 nitrogen and oxygen atoms in total. The zero-order valence-corrected chi connectivity index (χ0v) is 27.2. The third-order valence-corrected chi connectivity index (χ3v) is 10.1. The molecule has 3 aromatic heterocycles. The molecule has 0 saturated heterocycles. The number of para-hydroxylation sites is 4. The van der Waals surface area contributed by atoms with Gasteiger partial charge in [0.1, 0.15) is 11.6 Å². The number of aryl methyl sites for hydroxylation is 2. The first-order valence-corrected chi connectivity index (χ1v) is 16.6. The molecule has 232 valence electrons. The summed E-state index contributed by atoms with van der Waals surface area (Å²) < 4.78 is 6.77. The number of nitrogens with zero attached hydrogens (tertiary/aromatic N) is 5. The van der Waals surface area contributed by atoms with Crippen LogP contribution in [-0.2, 0) is 14.1 Å². The fraction of sp³-hybridized carbons (Fsp3) is 0.0455. The Hall–Kier alpha value is -6.46. The topological polar surface area (TPSA) is 40.6 Å². The van der Waals surface area contributed by atoms with E-state index in [1.165, 1.54) is 32.7 Å². The number of rotatable bonds is 4. The van der Waals surface area contributed by atoms with Crippen molar-refractivity contribution in [2.45, 2.75) is 0 Å². The quantitative estimate of drug-likeness (QED) is 0.194. The molecule has 0 saturated carbocycles. The van der Waals surface area contributed by atoms with Crippen molar-refractivity contribution in [3.05, 3.63) is 152 Å². The molecule has 0 N–H and O–H groups in total. The van der Waals surface area contributed by atoms with Crippen LogP contribution in [-0.4, -0.2) is 23.7 Å². The largest absolute Gasteiger partial charge is 0.327 e. The number of hydrogen-bond acceptors (Lipinski definition) is 2. The molecule has 10 aromatic rings. The first-order valence-electron chi connectivity index (χ1n) is 16.6. The van der Waals surface area contributed by atoms with Crippen molar-refractivity contribution in [2.75, 3.05) is 0 Å². The van der Waals surface area contributed by atoms with Crippen LogP contribution in [0.5, 0.6) is 0 Å². The number of fused-ring (bicyclic) bond motifs is 6. The summed E-state index contributed by atoms with van der Waals surface area (Å²) in [6, 6.07) is 54.3. The molecule has 0 aliphatic carbocycles. The summed E-state index contributed by atoms with van der Waals surface area (Å²) in [5.74, 6) is 1.90. The monoisotopic (exact) mass is 629 g/mol. The second-order valence-corrected chi connectivity index (χ2v) is 12.8. The van der Waals surface area contributed by atoms with E-state index in [0.29, 0.717) is 0 Å². The number of aromatic nitrogens is 5. The molecule has 0 fully saturated rings. The molecule has 0 unspecified atom stereocenters. The van der Waals surface area contributed by atoms with Crippen molar-refractivity contribution in [3.63, 3.8) is 0 Å². The molecule has 49 heavy (non-hydrogen) atoms. The minimum atomic E-state index is 0.947. The minimum Gasteiger partial charge on any atom is -0.327 e. The number of imidazole rings is 2. The lowest BCUT2D eigenvalue weighted by Gasteiger charge is -2.12. The molecular weight excluding hydrogens is 599 g/mol. The summed E-state index contributed by atoms with van der Waals surface area (Å²) in [6.45, 7) is 0. The summed E-state index contributed by atoms with van der Waals surface area (Å²) in [5.41, 5.74) is 12.2. The van der Waals surface area contributed by atoms with Gasteiger partial charge in [0.05, 0.1) is 33.1 Å². The molecule has 0 bridgehead atoms. The van der Waals surface area contributed by atoms with Gasteiger partial charge < -0.3 is 13.7 Å². The Morgan fingerprint density at radius 1 is 0.408 bits per heavy atom. The van der Waals surface area contributed by atoms with Crippen LogP contribution in [0.15, 0.2) is 152 Å². The van der Waals surface area contributed by atoms with Gasteiger partial charge in [-0.05, 0) is 76.5 Å². The Bertz CT molecular complexity index is 2910. The van der Waals surface area contributed by atoms with Gasteiger partial charge in [-0.15, -0.1) is 0 Å². The molecule has 7 aromatic carbocycles. The molecule has 0 aliphatic heterocycles. The summed E-state index contributed by atoms with van der Waals surface area (Å²) in [6.07, 6.45) is 0. The third kappa shape index (κ3) is 4.19. The molecule has 0 spiro atoms. The van der Waals surface area contributed by atoms with Gasteiger partial charge in [-0.2, -0.15) is 0 Å². The van der Waals surface area contributed by atoms with E-state index in [4.69, 9.17) is 9.97 Å². The van der Waals surface area contributed by atoms with Crippen LogP contribution >= 0.6 is 0 Å². The predicted octanol–water partition coefficient (Wildman–Crippen LogP) is 10.7. The number of hydrogen-bond donors (Lipinski definition) is 0. The van der Waals surface area contributed by atoms with Gasteiger partial charge in [-0.25, -0.2) is 9.97 Å². The fourth-order valence-electron chi connectivity index (χ4n) is 7.67. The van der Waals surface area contributed by atoms with E-state index < -0.39 is 0 Å². The van der Waals surface area contributed by atoms with Gasteiger partial charge in [0.2, 0.25) is 0 Å². The van der Waals surface area contributed by atoms with Gasteiger partial charge in [-0.3, -0.25) is 0 Å². The van der Waals surface area contributed by atoms with Crippen molar-refractivity contribution in [2.24, 2.45) is 14.1 Å². The summed E-state index contributed by atoms with van der Waals surface area (Å²) >= 11 is 0. The van der Waals surface area contributed by atoms with E-state index in [0.717, 1.165) is 61.6 Å². The maximum atomic E-state index is 5.06. The van der Waals surface area contributed by atoms with Gasteiger partial charge in [0.15, 0.2) is 0 Å². The molecule has 0 aliphatic rings. The second kappa shape index (κ2) is 10.5. The van der Waals surface area contributed by atoms with E-state index in [9.17, 15) is 0 Å². The summed E-state index contributed by atoms with van der Waals surface area (Å²) in [7, 11) is 4.19. The van der Waals surface area contributed by atoms with Crippen LogP contribution in [0.3, 0.4) is 0 Å². The van der Waals surface area contributed by atoms with Crippen molar-refractivity contribution in [1.29, 1.82) is 0 Å². The zero-order valence-electron chi connectivity index (χ0n) is 27.2. The van der Waals surface area contributed by atoms with Gasteiger partial charge in [0.25, 0.3) is 0 Å². The Morgan fingerprint density at radius 3 is 1.80 bits per heavy atom. The molecule has 3 heterocycles. The van der Waals surface area contributed by atoms with Gasteiger partial charge in [-0.1, -0.05) is 97.1 Å². The van der Waals surface area contributed by atoms with Crippen LogP contribution in [0.2, 0.25) is 0 Å². The lowest BCUT2D eigenvalue weighted by molar-refractivity contribution is 0.958. The normalized spacial score (nSPS) is 11.9. The van der Waals surface area contributed by atoms with Crippen LogP contribution in [0.4, 0.5) is 0 Å². The van der Waals surface area contributed by atoms with Crippen molar-refractivity contribution < 1.29 is 0 Å². The molecule has 0 radical (unpaired) electrons. The lowest BCUT2D eigenvalue weighted by Crippen LogP contribution is -1.97. The SMILES string of the molecule is Cn1c(-c2cccc(-n3c4ccc(-c5cccc6ccccc56)cc4c4ccc(-c5nc6ccccc6n5C)cc43)c2)nc2ccccc21. The van der Waals surface area contributed by atoms with Crippen molar-refractivity contribution in [3.8, 4) is 39.6 Å². The highest BCUT2D eigenvalue weighted by molar-refractivity contribution is 6.12. The Morgan fingerprint density at radius 2 is 1.04 bits per heavy atom. The summed E-state index contributed by atoms with van der Waals surface area (Å²) in [5, 5.41) is 4.92. The van der Waals surface area contributed by atoms with Crippen molar-refractivity contribution >= 4 is 54.6 Å². The predicted molar refractivity (Wildman–Crippen MR) is 203 cm³/mol. The van der Waals surface area contributed by atoms with E-state index in [-0.39, 0.29) is 0 Å². The van der Waals surface area contributed by atoms with E-state index in [1.807, 2.05) is 12.1 Å².